The molecule has 4 N–H and O–H groups in total. The summed E-state index contributed by atoms with van der Waals surface area (Å²) in [5, 5.41) is 20.2. The lowest BCUT2D eigenvalue weighted by molar-refractivity contribution is 0.262. The highest BCUT2D eigenvalue weighted by molar-refractivity contribution is 6.02. The van der Waals surface area contributed by atoms with Gasteiger partial charge in [0.1, 0.15) is 23.0 Å². The molecule has 0 radical (unpaired) electrons. The summed E-state index contributed by atoms with van der Waals surface area (Å²) in [5.41, 5.74) is 6.13. The molecule has 208 valence electrons. The molecule has 0 unspecified atom stereocenters. The van der Waals surface area contributed by atoms with E-state index in [9.17, 15) is 4.79 Å². The summed E-state index contributed by atoms with van der Waals surface area (Å²) in [6.07, 6.45) is 7.70. The smallest absolute Gasteiger partial charge is 0.323 e. The topological polar surface area (TPSA) is 122 Å². The zero-order chi connectivity index (χ0) is 28.3. The summed E-state index contributed by atoms with van der Waals surface area (Å²) in [5.74, 6) is 0.131. The molecular formula is C30H29FN8O2. The number of ether oxygens (including phenoxy) is 1. The van der Waals surface area contributed by atoms with Crippen molar-refractivity contribution in [2.24, 2.45) is 0 Å². The predicted octanol–water partition coefficient (Wildman–Crippen LogP) is 6.14. The SMILES string of the molecule is CC(C)n1cc(NC(=O)Nc2ccc(Oc3ccnc(-c4cn[nH]c4)c3)cc2F)c(-c2ccc3c(c2)CCNC3)n1. The highest BCUT2D eigenvalue weighted by Crippen LogP contribution is 2.31. The highest BCUT2D eigenvalue weighted by Gasteiger charge is 2.18. The number of carbonyl (C=O) groups is 1. The van der Waals surface area contributed by atoms with Crippen LogP contribution in [0.25, 0.3) is 22.5 Å². The number of aromatic nitrogens is 5. The molecule has 41 heavy (non-hydrogen) atoms. The van der Waals surface area contributed by atoms with Gasteiger partial charge < -0.3 is 20.7 Å². The van der Waals surface area contributed by atoms with Crippen molar-refractivity contribution < 1.29 is 13.9 Å². The largest absolute Gasteiger partial charge is 0.457 e. The predicted molar refractivity (Wildman–Crippen MR) is 154 cm³/mol. The van der Waals surface area contributed by atoms with Crippen LogP contribution in [0.15, 0.2) is 73.3 Å². The van der Waals surface area contributed by atoms with E-state index in [1.165, 1.54) is 23.3 Å². The van der Waals surface area contributed by atoms with Gasteiger partial charge in [0.05, 0.1) is 23.3 Å². The molecule has 11 heteroatoms. The number of fused-ring (bicyclic) bond motifs is 1. The summed E-state index contributed by atoms with van der Waals surface area (Å²) in [4.78, 5) is 17.3. The minimum Gasteiger partial charge on any atom is -0.457 e. The van der Waals surface area contributed by atoms with E-state index < -0.39 is 11.8 Å². The van der Waals surface area contributed by atoms with Crippen molar-refractivity contribution >= 4 is 17.4 Å². The Morgan fingerprint density at radius 2 is 1.88 bits per heavy atom. The number of pyridine rings is 1. The third kappa shape index (κ3) is 5.80. The average Bonchev–Trinajstić information content (AvgIpc) is 3.66. The number of hydrogen-bond acceptors (Lipinski definition) is 6. The van der Waals surface area contributed by atoms with Gasteiger partial charge in [-0.3, -0.25) is 14.8 Å². The van der Waals surface area contributed by atoms with E-state index in [2.05, 4.69) is 43.3 Å². The maximum Gasteiger partial charge on any atom is 0.323 e. The standard InChI is InChI=1S/C30H29FN8O2/c1-18(2)39-17-28(29(38-39)20-3-4-21-14-32-9-7-19(21)11-20)37-30(40)36-26-6-5-23(12-25(26)31)41-24-8-10-33-27(13-24)22-15-34-35-16-22/h3-6,8,10-13,15-18,32H,7,9,14H2,1-2H3,(H,34,35)(H2,36,37,40). The molecule has 4 heterocycles. The van der Waals surface area contributed by atoms with Crippen LogP contribution in [0.4, 0.5) is 20.6 Å². The first kappa shape index (κ1) is 26.2. The van der Waals surface area contributed by atoms with Crippen LogP contribution in [-0.4, -0.2) is 37.5 Å². The number of nitrogens with one attached hydrogen (secondary N) is 4. The molecule has 0 spiro atoms. The van der Waals surface area contributed by atoms with Crippen molar-refractivity contribution in [2.75, 3.05) is 17.2 Å². The van der Waals surface area contributed by atoms with Gasteiger partial charge in [-0.1, -0.05) is 12.1 Å². The molecule has 6 rings (SSSR count). The zero-order valence-corrected chi connectivity index (χ0v) is 22.6. The number of carbonyl (C=O) groups excluding carboxylic acids is 1. The lowest BCUT2D eigenvalue weighted by Crippen LogP contribution is -2.23. The molecule has 10 nitrogen and oxygen atoms in total. The van der Waals surface area contributed by atoms with E-state index in [1.54, 1.807) is 47.7 Å². The summed E-state index contributed by atoms with van der Waals surface area (Å²) < 4.78 is 22.6. The van der Waals surface area contributed by atoms with Gasteiger partial charge in [-0.15, -0.1) is 0 Å². The summed E-state index contributed by atoms with van der Waals surface area (Å²) in [6, 6.07) is 13.4. The Hall–Kier alpha value is -5.03. The Labute approximate surface area is 236 Å². The van der Waals surface area contributed by atoms with Crippen LogP contribution in [0.1, 0.15) is 31.0 Å². The molecule has 2 aromatic carbocycles. The van der Waals surface area contributed by atoms with E-state index in [-0.39, 0.29) is 17.5 Å². The molecule has 5 aromatic rings. The Bertz CT molecular complexity index is 1700. The quantitative estimate of drug-likeness (QED) is 0.193. The van der Waals surface area contributed by atoms with E-state index >= 15 is 4.39 Å². The second kappa shape index (κ2) is 11.2. The van der Waals surface area contributed by atoms with Crippen LogP contribution in [0.2, 0.25) is 0 Å². The number of rotatable bonds is 7. The lowest BCUT2D eigenvalue weighted by Gasteiger charge is -2.17. The fraction of sp³-hybridized carbons (Fsp3) is 0.200. The summed E-state index contributed by atoms with van der Waals surface area (Å²) in [7, 11) is 0. The Kier molecular flexibility index (Phi) is 7.17. The molecule has 0 bridgehead atoms. The Balaban J connectivity index is 1.17. The first-order valence-corrected chi connectivity index (χ1v) is 13.4. The lowest BCUT2D eigenvalue weighted by atomic mass is 9.97. The van der Waals surface area contributed by atoms with Crippen molar-refractivity contribution in [3.8, 4) is 34.0 Å². The molecule has 0 atom stereocenters. The number of urea groups is 1. The fourth-order valence-corrected chi connectivity index (χ4v) is 4.68. The van der Waals surface area contributed by atoms with Crippen molar-refractivity contribution in [1.82, 2.24) is 30.3 Å². The van der Waals surface area contributed by atoms with Crippen LogP contribution < -0.4 is 20.7 Å². The highest BCUT2D eigenvalue weighted by atomic mass is 19.1. The van der Waals surface area contributed by atoms with Gasteiger partial charge in [-0.25, -0.2) is 9.18 Å². The molecule has 0 saturated heterocycles. The number of halogens is 1. The van der Waals surface area contributed by atoms with Gasteiger partial charge in [0.25, 0.3) is 0 Å². The normalized spacial score (nSPS) is 12.7. The Morgan fingerprint density at radius 3 is 2.68 bits per heavy atom. The van der Waals surface area contributed by atoms with Gasteiger partial charge in [0.2, 0.25) is 0 Å². The number of anilines is 2. The van der Waals surface area contributed by atoms with E-state index in [0.29, 0.717) is 22.8 Å². The van der Waals surface area contributed by atoms with Crippen molar-refractivity contribution in [3.05, 3.63) is 90.3 Å². The number of benzene rings is 2. The molecular weight excluding hydrogens is 523 g/mol. The molecule has 1 aliphatic heterocycles. The summed E-state index contributed by atoms with van der Waals surface area (Å²) >= 11 is 0. The fourth-order valence-electron chi connectivity index (χ4n) is 4.68. The molecule has 3 aromatic heterocycles. The van der Waals surface area contributed by atoms with E-state index in [4.69, 9.17) is 9.84 Å². The number of hydrogen-bond donors (Lipinski definition) is 4. The van der Waals surface area contributed by atoms with Gasteiger partial charge >= 0.3 is 6.03 Å². The van der Waals surface area contributed by atoms with E-state index in [1.807, 2.05) is 19.9 Å². The maximum absolute atomic E-state index is 15.0. The maximum atomic E-state index is 15.0. The van der Waals surface area contributed by atoms with Crippen LogP contribution >= 0.6 is 0 Å². The first-order chi connectivity index (χ1) is 19.9. The van der Waals surface area contributed by atoms with Gasteiger partial charge in [-0.05, 0) is 62.2 Å². The van der Waals surface area contributed by atoms with Crippen LogP contribution in [-0.2, 0) is 13.0 Å². The minimum atomic E-state index is -0.636. The van der Waals surface area contributed by atoms with E-state index in [0.717, 1.165) is 30.6 Å². The third-order valence-corrected chi connectivity index (χ3v) is 6.83. The monoisotopic (exact) mass is 552 g/mol. The van der Waals surface area contributed by atoms with Crippen molar-refractivity contribution in [3.63, 3.8) is 0 Å². The van der Waals surface area contributed by atoms with Gasteiger partial charge in [0.15, 0.2) is 0 Å². The number of nitrogens with zero attached hydrogens (tertiary/aromatic N) is 4. The number of H-pyrrole nitrogens is 1. The first-order valence-electron chi connectivity index (χ1n) is 13.4. The Morgan fingerprint density at radius 1 is 1.02 bits per heavy atom. The van der Waals surface area contributed by atoms with Gasteiger partial charge in [-0.2, -0.15) is 10.2 Å². The van der Waals surface area contributed by atoms with Crippen molar-refractivity contribution in [2.45, 2.75) is 32.9 Å². The average molecular weight is 553 g/mol. The molecule has 0 aliphatic carbocycles. The third-order valence-electron chi connectivity index (χ3n) is 6.83. The van der Waals surface area contributed by atoms with Crippen LogP contribution in [0.3, 0.4) is 0 Å². The molecule has 2 amide bonds. The molecule has 0 saturated carbocycles. The van der Waals surface area contributed by atoms with Crippen LogP contribution in [0.5, 0.6) is 11.5 Å². The second-order valence-corrected chi connectivity index (χ2v) is 10.1. The minimum absolute atomic E-state index is 0.0164. The molecule has 1 aliphatic rings. The zero-order valence-electron chi connectivity index (χ0n) is 22.6. The number of amides is 2. The van der Waals surface area contributed by atoms with Crippen molar-refractivity contribution in [1.29, 1.82) is 0 Å². The number of aromatic amines is 1. The summed E-state index contributed by atoms with van der Waals surface area (Å²) in [6.45, 7) is 5.80. The second-order valence-electron chi connectivity index (χ2n) is 10.1. The molecule has 0 fully saturated rings. The van der Waals surface area contributed by atoms with Gasteiger partial charge in [0, 0.05) is 54.4 Å². The van der Waals surface area contributed by atoms with Crippen LogP contribution in [0, 0.1) is 5.82 Å².